The molecule has 0 saturated carbocycles. The zero-order valence-corrected chi connectivity index (χ0v) is 19.5. The molecule has 0 saturated heterocycles. The van der Waals surface area contributed by atoms with Crippen molar-refractivity contribution in [3.63, 3.8) is 0 Å². The molecule has 0 bridgehead atoms. The van der Waals surface area contributed by atoms with Crippen molar-refractivity contribution in [1.29, 1.82) is 0 Å². The maximum atomic E-state index is 13.4. The van der Waals surface area contributed by atoms with Crippen LogP contribution in [0.1, 0.15) is 46.5 Å². The van der Waals surface area contributed by atoms with Crippen LogP contribution in [0.4, 0.5) is 5.69 Å². The molecule has 0 heterocycles. The summed E-state index contributed by atoms with van der Waals surface area (Å²) in [6.07, 6.45) is 4.27. The van der Waals surface area contributed by atoms with E-state index in [1.54, 1.807) is 36.4 Å². The normalized spacial score (nSPS) is 12.2. The number of hydrogen-bond acceptors (Lipinski definition) is 4. The number of benzene rings is 2. The maximum Gasteiger partial charge on any atom is 0.264 e. The number of nitrogens with zero attached hydrogens (tertiary/aromatic N) is 1. The summed E-state index contributed by atoms with van der Waals surface area (Å²) in [6.45, 7) is 6.91. The van der Waals surface area contributed by atoms with Gasteiger partial charge in [-0.1, -0.05) is 51.3 Å². The quantitative estimate of drug-likeness (QED) is 0.487. The van der Waals surface area contributed by atoms with Crippen LogP contribution in [0, 0.1) is 5.92 Å². The SMILES string of the molecule is CCCCC(CC)CNC(=O)CN(c1ccccc1)S(=O)(=O)c1ccc(OCC)cc1. The number of rotatable bonds is 13. The minimum atomic E-state index is -3.92. The number of nitrogens with one attached hydrogen (secondary N) is 1. The molecule has 1 atom stereocenters. The smallest absolute Gasteiger partial charge is 0.264 e. The third-order valence-electron chi connectivity index (χ3n) is 5.19. The standard InChI is InChI=1S/C24H34N2O4S/c1-4-7-11-20(5-2)18-25-24(27)19-26(21-12-9-8-10-13-21)31(28,29)23-16-14-22(15-17-23)30-6-3/h8-10,12-17,20H,4-7,11,18-19H2,1-3H3,(H,25,27). The van der Waals surface area contributed by atoms with E-state index >= 15 is 0 Å². The number of hydrogen-bond donors (Lipinski definition) is 1. The highest BCUT2D eigenvalue weighted by Crippen LogP contribution is 2.25. The Labute approximate surface area is 186 Å². The molecule has 1 amide bonds. The number of carbonyl (C=O) groups is 1. The van der Waals surface area contributed by atoms with Crippen LogP contribution in [-0.2, 0) is 14.8 Å². The predicted molar refractivity (Wildman–Crippen MR) is 125 cm³/mol. The Morgan fingerprint density at radius 2 is 1.71 bits per heavy atom. The van der Waals surface area contributed by atoms with Crippen LogP contribution in [0.15, 0.2) is 59.5 Å². The number of unbranched alkanes of at least 4 members (excludes halogenated alkanes) is 1. The molecule has 31 heavy (non-hydrogen) atoms. The Morgan fingerprint density at radius 1 is 1.03 bits per heavy atom. The fourth-order valence-electron chi connectivity index (χ4n) is 3.30. The fraction of sp³-hybridized carbons (Fsp3) is 0.458. The van der Waals surface area contributed by atoms with E-state index in [0.717, 1.165) is 30.0 Å². The largest absolute Gasteiger partial charge is 0.494 e. The van der Waals surface area contributed by atoms with E-state index in [2.05, 4.69) is 19.2 Å². The molecule has 2 aromatic rings. The monoisotopic (exact) mass is 446 g/mol. The average molecular weight is 447 g/mol. The summed E-state index contributed by atoms with van der Waals surface area (Å²) in [5.74, 6) is 0.688. The molecule has 0 fully saturated rings. The minimum Gasteiger partial charge on any atom is -0.494 e. The molecule has 2 rings (SSSR count). The first-order chi connectivity index (χ1) is 14.9. The second-order valence-corrected chi connectivity index (χ2v) is 9.33. The molecule has 0 aliphatic heterocycles. The van der Waals surface area contributed by atoms with Gasteiger partial charge in [-0.05, 0) is 55.7 Å². The molecule has 6 nitrogen and oxygen atoms in total. The second kappa shape index (κ2) is 12.3. The van der Waals surface area contributed by atoms with Crippen LogP contribution < -0.4 is 14.4 Å². The summed E-state index contributed by atoms with van der Waals surface area (Å²) >= 11 is 0. The van der Waals surface area contributed by atoms with Gasteiger partial charge in [0, 0.05) is 6.54 Å². The number of para-hydroxylation sites is 1. The highest BCUT2D eigenvalue weighted by atomic mass is 32.2. The topological polar surface area (TPSA) is 75.7 Å². The fourth-order valence-corrected chi connectivity index (χ4v) is 4.72. The van der Waals surface area contributed by atoms with Crippen molar-refractivity contribution < 1.29 is 17.9 Å². The summed E-state index contributed by atoms with van der Waals surface area (Å²) in [4.78, 5) is 12.8. The van der Waals surface area contributed by atoms with Gasteiger partial charge in [-0.3, -0.25) is 9.10 Å². The summed E-state index contributed by atoms with van der Waals surface area (Å²) in [6, 6.07) is 15.0. The van der Waals surface area contributed by atoms with Crippen LogP contribution in [-0.4, -0.2) is 34.0 Å². The molecule has 1 N–H and O–H groups in total. The van der Waals surface area contributed by atoms with Gasteiger partial charge >= 0.3 is 0 Å². The van der Waals surface area contributed by atoms with Gasteiger partial charge in [0.2, 0.25) is 5.91 Å². The van der Waals surface area contributed by atoms with Crippen molar-refractivity contribution >= 4 is 21.6 Å². The Bertz CT molecular complexity index is 899. The molecular formula is C24H34N2O4S. The van der Waals surface area contributed by atoms with Crippen LogP contribution in [0.25, 0.3) is 0 Å². The van der Waals surface area contributed by atoms with E-state index in [0.29, 0.717) is 30.5 Å². The van der Waals surface area contributed by atoms with Crippen molar-refractivity contribution in [1.82, 2.24) is 5.32 Å². The van der Waals surface area contributed by atoms with Gasteiger partial charge in [0.05, 0.1) is 17.2 Å². The Hall–Kier alpha value is -2.54. The summed E-state index contributed by atoms with van der Waals surface area (Å²) in [5, 5.41) is 2.93. The first kappa shape index (κ1) is 24.7. The van der Waals surface area contributed by atoms with E-state index in [1.807, 2.05) is 13.0 Å². The average Bonchev–Trinajstić information content (AvgIpc) is 2.78. The highest BCUT2D eigenvalue weighted by molar-refractivity contribution is 7.92. The molecule has 0 aromatic heterocycles. The van der Waals surface area contributed by atoms with Gasteiger partial charge in [-0.2, -0.15) is 0 Å². The lowest BCUT2D eigenvalue weighted by atomic mass is 9.99. The minimum absolute atomic E-state index is 0.113. The van der Waals surface area contributed by atoms with Crippen LogP contribution in [0.2, 0.25) is 0 Å². The van der Waals surface area contributed by atoms with E-state index in [9.17, 15) is 13.2 Å². The molecule has 0 radical (unpaired) electrons. The van der Waals surface area contributed by atoms with E-state index in [4.69, 9.17) is 4.74 Å². The molecule has 7 heteroatoms. The van der Waals surface area contributed by atoms with E-state index in [1.165, 1.54) is 12.1 Å². The Kier molecular flexibility index (Phi) is 9.85. The van der Waals surface area contributed by atoms with Crippen LogP contribution >= 0.6 is 0 Å². The van der Waals surface area contributed by atoms with Gasteiger partial charge in [0.15, 0.2) is 0 Å². The predicted octanol–water partition coefficient (Wildman–Crippen LogP) is 4.61. The van der Waals surface area contributed by atoms with Gasteiger partial charge in [-0.15, -0.1) is 0 Å². The van der Waals surface area contributed by atoms with Crippen molar-refractivity contribution in [2.75, 3.05) is 24.0 Å². The lowest BCUT2D eigenvalue weighted by Crippen LogP contribution is -2.42. The summed E-state index contributed by atoms with van der Waals surface area (Å²) < 4.78 is 33.3. The van der Waals surface area contributed by atoms with Gasteiger partial charge in [-0.25, -0.2) is 8.42 Å². The number of ether oxygens (including phenoxy) is 1. The third kappa shape index (κ3) is 7.28. The molecule has 1 unspecified atom stereocenters. The van der Waals surface area contributed by atoms with Crippen molar-refractivity contribution in [2.24, 2.45) is 5.92 Å². The molecule has 0 spiro atoms. The van der Waals surface area contributed by atoms with Crippen LogP contribution in [0.5, 0.6) is 5.75 Å². The Balaban J connectivity index is 2.20. The molecular weight excluding hydrogens is 412 g/mol. The van der Waals surface area contributed by atoms with Gasteiger partial charge in [0.25, 0.3) is 10.0 Å². The van der Waals surface area contributed by atoms with Crippen molar-refractivity contribution in [3.05, 3.63) is 54.6 Å². The lowest BCUT2D eigenvalue weighted by Gasteiger charge is -2.25. The first-order valence-electron chi connectivity index (χ1n) is 11.0. The van der Waals surface area contributed by atoms with Crippen LogP contribution in [0.3, 0.4) is 0 Å². The first-order valence-corrected chi connectivity index (χ1v) is 12.4. The second-order valence-electron chi connectivity index (χ2n) is 7.47. The molecule has 0 aliphatic rings. The highest BCUT2D eigenvalue weighted by Gasteiger charge is 2.27. The van der Waals surface area contributed by atoms with E-state index in [-0.39, 0.29) is 17.3 Å². The zero-order chi connectivity index (χ0) is 22.7. The third-order valence-corrected chi connectivity index (χ3v) is 6.97. The molecule has 0 aliphatic carbocycles. The molecule has 2 aromatic carbocycles. The van der Waals surface area contributed by atoms with Gasteiger partial charge in [0.1, 0.15) is 12.3 Å². The summed E-state index contributed by atoms with van der Waals surface area (Å²) in [7, 11) is -3.92. The number of anilines is 1. The van der Waals surface area contributed by atoms with Gasteiger partial charge < -0.3 is 10.1 Å². The van der Waals surface area contributed by atoms with E-state index < -0.39 is 10.0 Å². The van der Waals surface area contributed by atoms with Crippen molar-refractivity contribution in [2.45, 2.75) is 51.3 Å². The number of carbonyl (C=O) groups excluding carboxylic acids is 1. The Morgan fingerprint density at radius 3 is 2.29 bits per heavy atom. The maximum absolute atomic E-state index is 13.4. The zero-order valence-electron chi connectivity index (χ0n) is 18.7. The number of amides is 1. The van der Waals surface area contributed by atoms with Crippen molar-refractivity contribution in [3.8, 4) is 5.75 Å². The molecule has 170 valence electrons. The number of sulfonamides is 1. The lowest BCUT2D eigenvalue weighted by molar-refractivity contribution is -0.119. The summed E-state index contributed by atoms with van der Waals surface area (Å²) in [5.41, 5.74) is 0.449.